The summed E-state index contributed by atoms with van der Waals surface area (Å²) in [6, 6.07) is 14.6. The van der Waals surface area contributed by atoms with Crippen LogP contribution in [-0.2, 0) is 11.3 Å². The first kappa shape index (κ1) is 16.6. The third-order valence-electron chi connectivity index (χ3n) is 3.79. The van der Waals surface area contributed by atoms with Crippen LogP contribution in [0.4, 0.5) is 0 Å². The van der Waals surface area contributed by atoms with Gasteiger partial charge >= 0.3 is 0 Å². The summed E-state index contributed by atoms with van der Waals surface area (Å²) >= 11 is 0. The highest BCUT2D eigenvalue weighted by molar-refractivity contribution is 5.31. The van der Waals surface area contributed by atoms with Crippen molar-refractivity contribution in [1.82, 2.24) is 0 Å². The summed E-state index contributed by atoms with van der Waals surface area (Å²) < 4.78 is 11.5. The monoisotopic (exact) mass is 298 g/mol. The number of para-hydroxylation sites is 1. The molecule has 0 fully saturated rings. The summed E-state index contributed by atoms with van der Waals surface area (Å²) in [6.07, 6.45) is 2.04. The lowest BCUT2D eigenvalue weighted by Crippen LogP contribution is -2.02. The number of ether oxygens (including phenoxy) is 2. The molecule has 0 aliphatic heterocycles. The van der Waals surface area contributed by atoms with Gasteiger partial charge in [-0.1, -0.05) is 42.0 Å². The fourth-order valence-corrected chi connectivity index (χ4v) is 2.40. The van der Waals surface area contributed by atoms with E-state index in [1.165, 1.54) is 22.3 Å². The molecule has 2 nitrogen and oxygen atoms in total. The summed E-state index contributed by atoms with van der Waals surface area (Å²) in [5.41, 5.74) is 5.08. The molecule has 0 unspecified atom stereocenters. The van der Waals surface area contributed by atoms with Crippen LogP contribution in [0.3, 0.4) is 0 Å². The van der Waals surface area contributed by atoms with Gasteiger partial charge in [-0.2, -0.15) is 0 Å². The van der Waals surface area contributed by atoms with Crippen molar-refractivity contribution in [3.05, 3.63) is 64.7 Å². The number of benzene rings is 2. The maximum absolute atomic E-state index is 5.78. The van der Waals surface area contributed by atoms with Gasteiger partial charge in [0.15, 0.2) is 0 Å². The minimum atomic E-state index is 0.699. The molecule has 0 bridgehead atoms. The number of hydrogen-bond acceptors (Lipinski definition) is 2. The zero-order valence-corrected chi connectivity index (χ0v) is 13.9. The Kier molecular flexibility index (Phi) is 6.47. The third-order valence-corrected chi connectivity index (χ3v) is 3.79. The quantitative estimate of drug-likeness (QED) is 0.639. The lowest BCUT2D eigenvalue weighted by Gasteiger charge is -2.10. The second-order valence-corrected chi connectivity index (χ2v) is 5.80. The van der Waals surface area contributed by atoms with Gasteiger partial charge in [0.05, 0.1) is 13.2 Å². The second kappa shape index (κ2) is 8.60. The smallest absolute Gasteiger partial charge is 0.122 e. The van der Waals surface area contributed by atoms with Gasteiger partial charge in [0.1, 0.15) is 5.75 Å². The average Bonchev–Trinajstić information content (AvgIpc) is 2.50. The van der Waals surface area contributed by atoms with Crippen LogP contribution in [0.25, 0.3) is 0 Å². The van der Waals surface area contributed by atoms with Crippen molar-refractivity contribution in [2.24, 2.45) is 0 Å². The Hall–Kier alpha value is -1.80. The normalized spacial score (nSPS) is 10.7. The maximum Gasteiger partial charge on any atom is 0.122 e. The molecule has 2 rings (SSSR count). The summed E-state index contributed by atoms with van der Waals surface area (Å²) in [5.74, 6) is 0.985. The largest absolute Gasteiger partial charge is 0.493 e. The molecule has 118 valence electrons. The minimum absolute atomic E-state index is 0.699. The molecule has 0 saturated heterocycles. The Morgan fingerprint density at radius 2 is 1.59 bits per heavy atom. The molecule has 22 heavy (non-hydrogen) atoms. The molecule has 0 aliphatic rings. The van der Waals surface area contributed by atoms with E-state index >= 15 is 0 Å². The van der Waals surface area contributed by atoms with Crippen molar-refractivity contribution in [3.8, 4) is 5.75 Å². The van der Waals surface area contributed by atoms with Crippen LogP contribution in [0.2, 0.25) is 0 Å². The van der Waals surface area contributed by atoms with Crippen LogP contribution in [0, 0.1) is 20.8 Å². The molecule has 0 spiro atoms. The van der Waals surface area contributed by atoms with Crippen molar-refractivity contribution in [2.45, 2.75) is 40.2 Å². The molecule has 0 saturated carbocycles. The lowest BCUT2D eigenvalue weighted by atomic mass is 10.1. The van der Waals surface area contributed by atoms with Gasteiger partial charge in [-0.3, -0.25) is 0 Å². The number of rotatable bonds is 8. The van der Waals surface area contributed by atoms with E-state index in [-0.39, 0.29) is 0 Å². The maximum atomic E-state index is 5.78. The van der Waals surface area contributed by atoms with Gasteiger partial charge in [-0.25, -0.2) is 0 Å². The van der Waals surface area contributed by atoms with E-state index in [0.717, 1.165) is 31.8 Å². The highest BCUT2D eigenvalue weighted by Crippen LogP contribution is 2.16. The van der Waals surface area contributed by atoms with Crippen LogP contribution in [0.15, 0.2) is 42.5 Å². The Morgan fingerprint density at radius 3 is 2.36 bits per heavy atom. The molecule has 2 heteroatoms. The predicted octanol–water partition coefficient (Wildman–Crippen LogP) is 4.99. The van der Waals surface area contributed by atoms with Crippen molar-refractivity contribution < 1.29 is 9.47 Å². The van der Waals surface area contributed by atoms with E-state index in [1.54, 1.807) is 0 Å². The second-order valence-electron chi connectivity index (χ2n) is 5.80. The van der Waals surface area contributed by atoms with Crippen molar-refractivity contribution in [2.75, 3.05) is 13.2 Å². The van der Waals surface area contributed by atoms with Crippen LogP contribution in [0.5, 0.6) is 5.75 Å². The van der Waals surface area contributed by atoms with Crippen LogP contribution in [0.1, 0.15) is 35.1 Å². The molecule has 0 amide bonds. The Bertz CT molecular complexity index is 590. The van der Waals surface area contributed by atoms with E-state index in [0.29, 0.717) is 6.61 Å². The first-order chi connectivity index (χ1) is 10.7. The predicted molar refractivity (Wildman–Crippen MR) is 91.5 cm³/mol. The lowest BCUT2D eigenvalue weighted by molar-refractivity contribution is 0.113. The molecule has 0 heterocycles. The van der Waals surface area contributed by atoms with Gasteiger partial charge < -0.3 is 9.47 Å². The Morgan fingerprint density at radius 1 is 0.818 bits per heavy atom. The van der Waals surface area contributed by atoms with E-state index < -0.39 is 0 Å². The molecule has 2 aromatic rings. The van der Waals surface area contributed by atoms with Crippen molar-refractivity contribution >= 4 is 0 Å². The van der Waals surface area contributed by atoms with E-state index in [1.807, 2.05) is 18.2 Å². The SMILES string of the molecule is Cc1ccc(COCCCCOc2ccccc2C)c(C)c1. The fourth-order valence-electron chi connectivity index (χ4n) is 2.40. The molecule has 0 atom stereocenters. The van der Waals surface area contributed by atoms with Gasteiger partial charge in [0.2, 0.25) is 0 Å². The van der Waals surface area contributed by atoms with Crippen molar-refractivity contribution in [3.63, 3.8) is 0 Å². The molecule has 0 radical (unpaired) electrons. The Balaban J connectivity index is 1.59. The standard InChI is InChI=1S/C20H26O2/c1-16-10-11-19(18(3)14-16)15-21-12-6-7-13-22-20-9-5-4-8-17(20)2/h4-5,8-11,14H,6-7,12-13,15H2,1-3H3. The first-order valence-electron chi connectivity index (χ1n) is 7.99. The van der Waals surface area contributed by atoms with Crippen LogP contribution < -0.4 is 4.74 Å². The zero-order valence-electron chi connectivity index (χ0n) is 13.9. The third kappa shape index (κ3) is 5.19. The highest BCUT2D eigenvalue weighted by Gasteiger charge is 2.00. The summed E-state index contributed by atoms with van der Waals surface area (Å²) in [6.45, 7) is 8.56. The number of unbranched alkanes of at least 4 members (excludes halogenated alkanes) is 1. The topological polar surface area (TPSA) is 18.5 Å². The van der Waals surface area contributed by atoms with E-state index in [4.69, 9.17) is 9.47 Å². The average molecular weight is 298 g/mol. The summed E-state index contributed by atoms with van der Waals surface area (Å²) in [7, 11) is 0. The molecular formula is C20H26O2. The molecule has 0 aliphatic carbocycles. The van der Waals surface area contributed by atoms with Crippen LogP contribution >= 0.6 is 0 Å². The summed E-state index contributed by atoms with van der Waals surface area (Å²) in [5, 5.41) is 0. The molecule has 0 N–H and O–H groups in total. The van der Waals surface area contributed by atoms with Crippen LogP contribution in [-0.4, -0.2) is 13.2 Å². The Labute approximate surface area is 134 Å². The highest BCUT2D eigenvalue weighted by atomic mass is 16.5. The van der Waals surface area contributed by atoms with Gasteiger partial charge in [0, 0.05) is 6.61 Å². The first-order valence-corrected chi connectivity index (χ1v) is 7.99. The zero-order chi connectivity index (χ0) is 15.8. The number of aryl methyl sites for hydroxylation is 3. The number of hydrogen-bond donors (Lipinski definition) is 0. The van der Waals surface area contributed by atoms with Gasteiger partial charge in [0.25, 0.3) is 0 Å². The molecule has 2 aromatic carbocycles. The van der Waals surface area contributed by atoms with E-state index in [9.17, 15) is 0 Å². The fraction of sp³-hybridized carbons (Fsp3) is 0.400. The van der Waals surface area contributed by atoms with Gasteiger partial charge in [-0.05, 0) is 56.4 Å². The molecular weight excluding hydrogens is 272 g/mol. The van der Waals surface area contributed by atoms with Gasteiger partial charge in [-0.15, -0.1) is 0 Å². The molecule has 0 aromatic heterocycles. The minimum Gasteiger partial charge on any atom is -0.493 e. The summed E-state index contributed by atoms with van der Waals surface area (Å²) in [4.78, 5) is 0. The van der Waals surface area contributed by atoms with Crippen molar-refractivity contribution in [1.29, 1.82) is 0 Å². The van der Waals surface area contributed by atoms with E-state index in [2.05, 4.69) is 45.0 Å².